The van der Waals surface area contributed by atoms with Crippen molar-refractivity contribution in [2.24, 2.45) is 5.92 Å². The van der Waals surface area contributed by atoms with Crippen LogP contribution >= 0.6 is 0 Å². The molecule has 1 amide bonds. The number of furan rings is 1. The molecule has 1 saturated carbocycles. The summed E-state index contributed by atoms with van der Waals surface area (Å²) in [5.41, 5.74) is 1.09. The van der Waals surface area contributed by atoms with Gasteiger partial charge in [-0.3, -0.25) is 4.79 Å². The van der Waals surface area contributed by atoms with Gasteiger partial charge in [0.25, 0.3) is 0 Å². The summed E-state index contributed by atoms with van der Waals surface area (Å²) in [6.45, 7) is 2.58. The van der Waals surface area contributed by atoms with Gasteiger partial charge in [0.2, 0.25) is 5.91 Å². The molecule has 1 aromatic rings. The number of hydrogen-bond donors (Lipinski definition) is 1. The Morgan fingerprint density at radius 2 is 2.14 bits per heavy atom. The van der Waals surface area contributed by atoms with Gasteiger partial charge in [-0.25, -0.2) is 0 Å². The van der Waals surface area contributed by atoms with Gasteiger partial charge in [0.1, 0.15) is 5.76 Å². The molecule has 1 aliphatic carbocycles. The molecule has 1 saturated heterocycles. The van der Waals surface area contributed by atoms with Gasteiger partial charge in [-0.1, -0.05) is 12.8 Å². The topological polar surface area (TPSA) is 45.5 Å². The van der Waals surface area contributed by atoms with Gasteiger partial charge in [0, 0.05) is 25.2 Å². The normalized spacial score (nSPS) is 29.0. The largest absolute Gasteiger partial charge is 0.469 e. The van der Waals surface area contributed by atoms with Crippen molar-refractivity contribution in [3.63, 3.8) is 0 Å². The average Bonchev–Trinajstić information content (AvgIpc) is 2.91. The first kappa shape index (κ1) is 14.6. The summed E-state index contributed by atoms with van der Waals surface area (Å²) >= 11 is 0. The maximum absolute atomic E-state index is 12.6. The molecule has 2 heterocycles. The number of nitrogens with one attached hydrogen (secondary N) is 1. The smallest absolute Gasteiger partial charge is 0.239 e. The van der Waals surface area contributed by atoms with E-state index >= 15 is 0 Å². The SMILES string of the molecule is Cc1occc1CN(C)C(=O)C1CCC2CCCCC2N1. The molecule has 0 spiro atoms. The van der Waals surface area contributed by atoms with E-state index < -0.39 is 0 Å². The second-order valence-corrected chi connectivity index (χ2v) is 6.64. The number of hydrogen-bond acceptors (Lipinski definition) is 3. The number of carbonyl (C=O) groups is 1. The lowest BCUT2D eigenvalue weighted by atomic mass is 9.77. The first-order valence-electron chi connectivity index (χ1n) is 8.19. The third-order valence-corrected chi connectivity index (χ3v) is 5.20. The van der Waals surface area contributed by atoms with Crippen molar-refractivity contribution in [2.45, 2.75) is 64.1 Å². The molecular formula is C17H26N2O2. The minimum atomic E-state index is 0.00144. The lowest BCUT2D eigenvalue weighted by Crippen LogP contribution is -2.55. The molecule has 1 N–H and O–H groups in total. The van der Waals surface area contributed by atoms with Gasteiger partial charge < -0.3 is 14.6 Å². The van der Waals surface area contributed by atoms with Crippen LogP contribution in [0, 0.1) is 12.8 Å². The molecule has 2 fully saturated rings. The molecule has 3 unspecified atom stereocenters. The maximum atomic E-state index is 12.6. The molecule has 21 heavy (non-hydrogen) atoms. The predicted molar refractivity (Wildman–Crippen MR) is 81.8 cm³/mol. The van der Waals surface area contributed by atoms with Crippen molar-refractivity contribution in [1.29, 1.82) is 0 Å². The highest BCUT2D eigenvalue weighted by Crippen LogP contribution is 2.32. The fraction of sp³-hybridized carbons (Fsp3) is 0.706. The van der Waals surface area contributed by atoms with E-state index in [1.54, 1.807) is 6.26 Å². The van der Waals surface area contributed by atoms with Crippen LogP contribution in [0.4, 0.5) is 0 Å². The van der Waals surface area contributed by atoms with E-state index in [9.17, 15) is 4.79 Å². The third-order valence-electron chi connectivity index (χ3n) is 5.20. The van der Waals surface area contributed by atoms with E-state index in [1.165, 1.54) is 32.1 Å². The molecule has 0 aromatic carbocycles. The van der Waals surface area contributed by atoms with E-state index in [4.69, 9.17) is 4.42 Å². The van der Waals surface area contributed by atoms with Crippen LogP contribution in [0.2, 0.25) is 0 Å². The van der Waals surface area contributed by atoms with Crippen molar-refractivity contribution in [1.82, 2.24) is 10.2 Å². The fourth-order valence-corrected chi connectivity index (χ4v) is 3.86. The predicted octanol–water partition coefficient (Wildman–Crippen LogP) is 2.86. The Morgan fingerprint density at radius 3 is 2.90 bits per heavy atom. The number of piperidine rings is 1. The number of fused-ring (bicyclic) bond motifs is 1. The Balaban J connectivity index is 1.58. The minimum Gasteiger partial charge on any atom is -0.469 e. The Kier molecular flexibility index (Phi) is 4.34. The fourth-order valence-electron chi connectivity index (χ4n) is 3.86. The highest BCUT2D eigenvalue weighted by atomic mass is 16.3. The Morgan fingerprint density at radius 1 is 1.33 bits per heavy atom. The molecular weight excluding hydrogens is 264 g/mol. The van der Waals surface area contributed by atoms with Crippen LogP contribution in [0.3, 0.4) is 0 Å². The molecule has 3 atom stereocenters. The van der Waals surface area contributed by atoms with Crippen LogP contribution in [0.1, 0.15) is 49.8 Å². The van der Waals surface area contributed by atoms with E-state index in [2.05, 4.69) is 5.32 Å². The van der Waals surface area contributed by atoms with Crippen molar-refractivity contribution in [3.8, 4) is 0 Å². The number of amides is 1. The zero-order valence-electron chi connectivity index (χ0n) is 13.1. The number of likely N-dealkylation sites (N-methyl/N-ethyl adjacent to an activating group) is 1. The van der Waals surface area contributed by atoms with Crippen LogP contribution in [-0.2, 0) is 11.3 Å². The molecule has 2 aliphatic rings. The Labute approximate surface area is 126 Å². The van der Waals surface area contributed by atoms with Crippen LogP contribution < -0.4 is 5.32 Å². The highest BCUT2D eigenvalue weighted by Gasteiger charge is 2.35. The molecule has 0 radical (unpaired) electrons. The summed E-state index contributed by atoms with van der Waals surface area (Å²) in [6, 6.07) is 2.51. The summed E-state index contributed by atoms with van der Waals surface area (Å²) in [5.74, 6) is 1.92. The van der Waals surface area contributed by atoms with Crippen molar-refractivity contribution >= 4 is 5.91 Å². The van der Waals surface area contributed by atoms with Gasteiger partial charge in [-0.2, -0.15) is 0 Å². The van der Waals surface area contributed by atoms with Gasteiger partial charge in [0.05, 0.1) is 12.3 Å². The van der Waals surface area contributed by atoms with Crippen LogP contribution in [0.25, 0.3) is 0 Å². The summed E-state index contributed by atoms with van der Waals surface area (Å²) in [4.78, 5) is 14.5. The molecule has 4 nitrogen and oxygen atoms in total. The zero-order valence-corrected chi connectivity index (χ0v) is 13.1. The highest BCUT2D eigenvalue weighted by molar-refractivity contribution is 5.81. The Hall–Kier alpha value is -1.29. The molecule has 4 heteroatoms. The molecule has 1 aliphatic heterocycles. The lowest BCUT2D eigenvalue weighted by molar-refractivity contribution is -0.134. The molecule has 0 bridgehead atoms. The van der Waals surface area contributed by atoms with E-state index in [0.717, 1.165) is 23.7 Å². The van der Waals surface area contributed by atoms with Gasteiger partial charge in [-0.15, -0.1) is 0 Å². The number of nitrogens with zero attached hydrogens (tertiary/aromatic N) is 1. The van der Waals surface area contributed by atoms with Gasteiger partial charge in [0.15, 0.2) is 0 Å². The first-order chi connectivity index (χ1) is 10.1. The molecule has 3 rings (SSSR count). The molecule has 1 aromatic heterocycles. The zero-order chi connectivity index (χ0) is 14.8. The number of aryl methyl sites for hydroxylation is 1. The summed E-state index contributed by atoms with van der Waals surface area (Å²) in [7, 11) is 1.89. The van der Waals surface area contributed by atoms with Crippen LogP contribution in [0.15, 0.2) is 16.7 Å². The lowest BCUT2D eigenvalue weighted by Gasteiger charge is -2.40. The van der Waals surface area contributed by atoms with Crippen molar-refractivity contribution in [2.75, 3.05) is 7.05 Å². The van der Waals surface area contributed by atoms with E-state index in [-0.39, 0.29) is 11.9 Å². The second-order valence-electron chi connectivity index (χ2n) is 6.64. The molecule has 116 valence electrons. The van der Waals surface area contributed by atoms with Crippen LogP contribution in [0.5, 0.6) is 0 Å². The standard InChI is InChI=1S/C17H26N2O2/c1-12-14(9-10-21-12)11-19(2)17(20)16-8-7-13-5-3-4-6-15(13)18-16/h9-10,13,15-16,18H,3-8,11H2,1-2H3. The second kappa shape index (κ2) is 6.22. The summed E-state index contributed by atoms with van der Waals surface area (Å²) < 4.78 is 5.31. The Bertz CT molecular complexity index is 497. The first-order valence-corrected chi connectivity index (χ1v) is 8.19. The quantitative estimate of drug-likeness (QED) is 0.931. The summed E-state index contributed by atoms with van der Waals surface area (Å²) in [5, 5.41) is 3.62. The van der Waals surface area contributed by atoms with Gasteiger partial charge in [-0.05, 0) is 44.6 Å². The van der Waals surface area contributed by atoms with Crippen LogP contribution in [-0.4, -0.2) is 29.9 Å². The van der Waals surface area contributed by atoms with Crippen molar-refractivity contribution < 1.29 is 9.21 Å². The van der Waals surface area contributed by atoms with E-state index in [1.807, 2.05) is 24.9 Å². The average molecular weight is 290 g/mol. The number of rotatable bonds is 3. The third kappa shape index (κ3) is 3.15. The van der Waals surface area contributed by atoms with Crippen molar-refractivity contribution in [3.05, 3.63) is 23.7 Å². The monoisotopic (exact) mass is 290 g/mol. The van der Waals surface area contributed by atoms with Gasteiger partial charge >= 0.3 is 0 Å². The number of carbonyl (C=O) groups excluding carboxylic acids is 1. The maximum Gasteiger partial charge on any atom is 0.239 e. The summed E-state index contributed by atoms with van der Waals surface area (Å²) in [6.07, 6.45) is 9.11. The van der Waals surface area contributed by atoms with E-state index in [0.29, 0.717) is 12.6 Å². The minimum absolute atomic E-state index is 0.00144.